The van der Waals surface area contributed by atoms with Crippen LogP contribution in [0.5, 0.6) is 0 Å². The maximum atomic E-state index is 12.2. The van der Waals surface area contributed by atoms with Gasteiger partial charge in [-0.3, -0.25) is 19.0 Å². The number of fused-ring (bicyclic) bond motifs is 1. The molecule has 0 unspecified atom stereocenters. The van der Waals surface area contributed by atoms with Crippen molar-refractivity contribution in [3.05, 3.63) is 28.4 Å². The number of nitrogens with one attached hydrogen (secondary N) is 2. The van der Waals surface area contributed by atoms with Gasteiger partial charge in [0.25, 0.3) is 5.56 Å². The molecule has 0 aromatic carbocycles. The van der Waals surface area contributed by atoms with Gasteiger partial charge in [0.15, 0.2) is 0 Å². The Hall–Kier alpha value is -2.97. The second kappa shape index (κ2) is 6.20. The molecule has 9 heteroatoms. The van der Waals surface area contributed by atoms with Gasteiger partial charge in [-0.2, -0.15) is 0 Å². The molecule has 0 aliphatic heterocycles. The van der Waals surface area contributed by atoms with Crippen molar-refractivity contribution in [2.75, 3.05) is 0 Å². The van der Waals surface area contributed by atoms with Gasteiger partial charge in [-0.1, -0.05) is 0 Å². The lowest BCUT2D eigenvalue weighted by atomic mass is 10.2. The fourth-order valence-corrected chi connectivity index (χ4v) is 2.01. The highest BCUT2D eigenvalue weighted by molar-refractivity contribution is 5.82. The molecule has 2 rings (SSSR count). The third kappa shape index (κ3) is 3.19. The lowest BCUT2D eigenvalue weighted by molar-refractivity contribution is -0.138. The lowest BCUT2D eigenvalue weighted by Gasteiger charge is -2.11. The van der Waals surface area contributed by atoms with Crippen LogP contribution in [-0.4, -0.2) is 43.8 Å². The monoisotopic (exact) mass is 306 g/mol. The van der Waals surface area contributed by atoms with Crippen molar-refractivity contribution in [3.8, 4) is 0 Å². The topological polar surface area (TPSA) is 134 Å². The molecule has 2 heterocycles. The van der Waals surface area contributed by atoms with Crippen molar-refractivity contribution < 1.29 is 19.5 Å². The molecule has 0 saturated heterocycles. The summed E-state index contributed by atoms with van der Waals surface area (Å²) in [5.41, 5.74) is 1.20. The van der Waals surface area contributed by atoms with Gasteiger partial charge in [0.1, 0.15) is 18.3 Å². The Labute approximate surface area is 124 Å². The van der Waals surface area contributed by atoms with Gasteiger partial charge < -0.3 is 20.2 Å². The Morgan fingerprint density at radius 2 is 2.27 bits per heavy atom. The largest absolute Gasteiger partial charge is 0.481 e. The van der Waals surface area contributed by atoms with Gasteiger partial charge in [-0.05, 0) is 12.5 Å². The number of carbonyl (C=O) groups is 3. The van der Waals surface area contributed by atoms with Crippen LogP contribution in [0.3, 0.4) is 0 Å². The predicted octanol–water partition coefficient (Wildman–Crippen LogP) is -0.809. The summed E-state index contributed by atoms with van der Waals surface area (Å²) in [6.45, 7) is 1.44. The fourth-order valence-electron chi connectivity index (χ4n) is 2.01. The van der Waals surface area contributed by atoms with E-state index in [9.17, 15) is 19.2 Å². The van der Waals surface area contributed by atoms with Gasteiger partial charge in [0, 0.05) is 6.20 Å². The maximum absolute atomic E-state index is 12.2. The average Bonchev–Trinajstić information content (AvgIpc) is 2.83. The smallest absolute Gasteiger partial charge is 0.305 e. The van der Waals surface area contributed by atoms with E-state index in [1.165, 1.54) is 6.33 Å². The zero-order valence-corrected chi connectivity index (χ0v) is 11.7. The Kier molecular flexibility index (Phi) is 4.35. The zero-order valence-electron chi connectivity index (χ0n) is 11.7. The normalized spacial score (nSPS) is 12.0. The maximum Gasteiger partial charge on any atom is 0.305 e. The minimum Gasteiger partial charge on any atom is -0.481 e. The number of hydrogen-bond acceptors (Lipinski definition) is 5. The first-order chi connectivity index (χ1) is 10.4. The van der Waals surface area contributed by atoms with E-state index in [4.69, 9.17) is 5.11 Å². The van der Waals surface area contributed by atoms with Gasteiger partial charge in [0.2, 0.25) is 5.91 Å². The van der Waals surface area contributed by atoms with E-state index in [1.54, 1.807) is 13.1 Å². The second-order valence-corrected chi connectivity index (χ2v) is 4.78. The summed E-state index contributed by atoms with van der Waals surface area (Å²) in [6.07, 6.45) is 2.69. The van der Waals surface area contributed by atoms with Crippen LogP contribution in [0.4, 0.5) is 0 Å². The number of rotatable bonds is 6. The van der Waals surface area contributed by atoms with Crippen LogP contribution in [0.1, 0.15) is 12.0 Å². The highest BCUT2D eigenvalue weighted by Gasteiger charge is 2.16. The molecule has 0 bridgehead atoms. The fraction of sp³-hybridized carbons (Fsp3) is 0.308. The Morgan fingerprint density at radius 3 is 2.91 bits per heavy atom. The molecule has 116 valence electrons. The van der Waals surface area contributed by atoms with Gasteiger partial charge >= 0.3 is 5.97 Å². The van der Waals surface area contributed by atoms with Gasteiger partial charge in [-0.15, -0.1) is 0 Å². The van der Waals surface area contributed by atoms with E-state index >= 15 is 0 Å². The number of aromatic nitrogens is 3. The molecule has 2 aromatic heterocycles. The van der Waals surface area contributed by atoms with Crippen LogP contribution >= 0.6 is 0 Å². The number of aliphatic carboxylic acids is 1. The number of nitrogens with zero attached hydrogens (tertiary/aromatic N) is 2. The molecular weight excluding hydrogens is 292 g/mol. The second-order valence-electron chi connectivity index (χ2n) is 4.78. The number of carbonyl (C=O) groups excluding carboxylic acids is 2. The van der Waals surface area contributed by atoms with E-state index in [1.807, 2.05) is 0 Å². The summed E-state index contributed by atoms with van der Waals surface area (Å²) in [4.78, 5) is 52.1. The molecule has 22 heavy (non-hydrogen) atoms. The first kappa shape index (κ1) is 15.4. The third-order valence-electron chi connectivity index (χ3n) is 3.06. The number of carboxylic acids is 1. The van der Waals surface area contributed by atoms with E-state index in [0.29, 0.717) is 11.8 Å². The van der Waals surface area contributed by atoms with Gasteiger partial charge in [-0.25, -0.2) is 4.98 Å². The third-order valence-corrected chi connectivity index (χ3v) is 3.06. The van der Waals surface area contributed by atoms with Crippen molar-refractivity contribution in [1.82, 2.24) is 19.9 Å². The van der Waals surface area contributed by atoms with E-state index < -0.39 is 29.9 Å². The number of aromatic amines is 1. The molecule has 0 aliphatic carbocycles. The molecule has 0 spiro atoms. The first-order valence-corrected chi connectivity index (χ1v) is 6.42. The molecule has 0 radical (unpaired) electrons. The van der Waals surface area contributed by atoms with Crippen LogP contribution in [0, 0.1) is 6.92 Å². The van der Waals surface area contributed by atoms with Crippen LogP contribution in [0.15, 0.2) is 17.3 Å². The van der Waals surface area contributed by atoms with Crippen molar-refractivity contribution in [2.24, 2.45) is 0 Å². The minimum absolute atomic E-state index is 0.283. The summed E-state index contributed by atoms with van der Waals surface area (Å²) in [6, 6.07) is -1.13. The number of aldehydes is 1. The number of H-pyrrole nitrogens is 1. The highest BCUT2D eigenvalue weighted by atomic mass is 16.4. The Bertz CT molecular complexity index is 791. The number of carboxylic acid groups (broad SMARTS) is 1. The van der Waals surface area contributed by atoms with Crippen molar-refractivity contribution in [3.63, 3.8) is 0 Å². The predicted molar refractivity (Wildman–Crippen MR) is 75.3 cm³/mol. The lowest BCUT2D eigenvalue weighted by Crippen LogP contribution is -2.41. The Balaban J connectivity index is 2.15. The zero-order chi connectivity index (χ0) is 16.3. The summed E-state index contributed by atoms with van der Waals surface area (Å²) in [5.74, 6) is -1.86. The Morgan fingerprint density at radius 1 is 1.55 bits per heavy atom. The van der Waals surface area contributed by atoms with Crippen molar-refractivity contribution >= 4 is 29.2 Å². The molecule has 2 aromatic rings. The molecule has 3 N–H and O–H groups in total. The molecule has 0 saturated carbocycles. The highest BCUT2D eigenvalue weighted by Crippen LogP contribution is 2.09. The van der Waals surface area contributed by atoms with E-state index in [0.717, 1.165) is 10.1 Å². The van der Waals surface area contributed by atoms with Gasteiger partial charge in [0.05, 0.1) is 24.3 Å². The molecule has 0 fully saturated rings. The van der Waals surface area contributed by atoms with E-state index in [2.05, 4.69) is 15.3 Å². The number of aryl methyl sites for hydroxylation is 1. The van der Waals surface area contributed by atoms with Crippen LogP contribution < -0.4 is 10.9 Å². The van der Waals surface area contributed by atoms with Crippen LogP contribution in [-0.2, 0) is 20.9 Å². The molecule has 0 aliphatic rings. The SMILES string of the molecule is Cc1c[nH]c2c(=O)n(CC(=O)N[C@H](C=O)CC(=O)O)cnc12. The molecular formula is C13H14N4O5. The summed E-state index contributed by atoms with van der Waals surface area (Å²) < 4.78 is 1.08. The molecule has 9 nitrogen and oxygen atoms in total. The molecule has 1 amide bonds. The van der Waals surface area contributed by atoms with E-state index in [-0.39, 0.29) is 12.1 Å². The first-order valence-electron chi connectivity index (χ1n) is 6.42. The minimum atomic E-state index is -1.21. The average molecular weight is 306 g/mol. The van der Waals surface area contributed by atoms with Crippen molar-refractivity contribution in [1.29, 1.82) is 0 Å². The van der Waals surface area contributed by atoms with Crippen molar-refractivity contribution in [2.45, 2.75) is 25.9 Å². The summed E-state index contributed by atoms with van der Waals surface area (Å²) >= 11 is 0. The number of amides is 1. The van der Waals surface area contributed by atoms with Crippen LogP contribution in [0.2, 0.25) is 0 Å². The summed E-state index contributed by atoms with van der Waals surface area (Å²) in [7, 11) is 0. The molecule has 1 atom stereocenters. The van der Waals surface area contributed by atoms with Crippen LogP contribution in [0.25, 0.3) is 11.0 Å². The number of hydrogen-bond donors (Lipinski definition) is 3. The quantitative estimate of drug-likeness (QED) is 0.598. The standard InChI is InChI=1S/C13H14N4O5/c1-7-3-14-12-11(7)15-6-17(13(12)22)4-9(19)16-8(5-18)2-10(20)21/h3,5-6,8,14H,2,4H2,1H3,(H,16,19)(H,20,21)/t8-/m0/s1. The summed E-state index contributed by atoms with van der Waals surface area (Å²) in [5, 5.41) is 10.8.